The molecule has 0 aliphatic carbocycles. The summed E-state index contributed by atoms with van der Waals surface area (Å²) in [5, 5.41) is 4.33. The molecule has 6 heteroatoms. The van der Waals surface area contributed by atoms with E-state index in [4.69, 9.17) is 0 Å². The van der Waals surface area contributed by atoms with E-state index in [1.807, 2.05) is 6.20 Å². The summed E-state index contributed by atoms with van der Waals surface area (Å²) >= 11 is 3.27. The van der Waals surface area contributed by atoms with Crippen LogP contribution in [0.4, 0.5) is 5.13 Å². The monoisotopic (exact) mass is 280 g/mol. The zero-order valence-corrected chi connectivity index (χ0v) is 12.0. The van der Waals surface area contributed by atoms with Gasteiger partial charge in [-0.2, -0.15) is 4.37 Å². The molecule has 0 N–H and O–H groups in total. The summed E-state index contributed by atoms with van der Waals surface area (Å²) in [6, 6.07) is 0.399. The van der Waals surface area contributed by atoms with Crippen LogP contribution in [0.3, 0.4) is 0 Å². The lowest BCUT2D eigenvalue weighted by molar-refractivity contribution is 0.471. The fraction of sp³-hybridized carbons (Fsp3) is 0.583. The van der Waals surface area contributed by atoms with Crippen LogP contribution in [0.25, 0.3) is 0 Å². The Hall–Kier alpha value is -1.01. The predicted octanol–water partition coefficient (Wildman–Crippen LogP) is 3.29. The van der Waals surface area contributed by atoms with E-state index in [9.17, 15) is 0 Å². The van der Waals surface area contributed by atoms with Crippen molar-refractivity contribution in [2.75, 3.05) is 11.4 Å². The number of aryl methyl sites for hydroxylation is 1. The van der Waals surface area contributed by atoms with E-state index < -0.39 is 0 Å². The van der Waals surface area contributed by atoms with Gasteiger partial charge in [0.25, 0.3) is 0 Å². The van der Waals surface area contributed by atoms with Crippen molar-refractivity contribution >= 4 is 28.0 Å². The molecule has 0 saturated carbocycles. The minimum atomic E-state index is 0.399. The smallest absolute Gasteiger partial charge is 0.205 e. The van der Waals surface area contributed by atoms with Gasteiger partial charge in [0.2, 0.25) is 5.13 Å². The van der Waals surface area contributed by atoms with Gasteiger partial charge in [-0.1, -0.05) is 6.92 Å². The number of aromatic nitrogens is 3. The van der Waals surface area contributed by atoms with Crippen LogP contribution in [-0.4, -0.2) is 20.9 Å². The molecule has 0 bridgehead atoms. The van der Waals surface area contributed by atoms with Crippen molar-refractivity contribution in [3.05, 3.63) is 22.4 Å². The molecule has 0 aromatic carbocycles. The number of hydrogen-bond donors (Lipinski definition) is 0. The lowest BCUT2D eigenvalue weighted by Gasteiger charge is -2.33. The van der Waals surface area contributed by atoms with Crippen LogP contribution < -0.4 is 4.90 Å². The zero-order chi connectivity index (χ0) is 12.4. The standard InChI is InChI=1S/C12H16N4S2/c1-2-10-14-12(18-15-10)16-7-4-3-5-9(16)11-13-6-8-17-11/h6,8-9H,2-5,7H2,1H3/t9-/m0/s1. The van der Waals surface area contributed by atoms with E-state index in [-0.39, 0.29) is 0 Å². The maximum Gasteiger partial charge on any atom is 0.205 e. The largest absolute Gasteiger partial charge is 0.337 e. The Kier molecular flexibility index (Phi) is 3.56. The highest BCUT2D eigenvalue weighted by Gasteiger charge is 2.28. The lowest BCUT2D eigenvalue weighted by atomic mass is 10.0. The van der Waals surface area contributed by atoms with Gasteiger partial charge in [-0.05, 0) is 19.3 Å². The summed E-state index contributed by atoms with van der Waals surface area (Å²) in [5.74, 6) is 0.957. The molecule has 96 valence electrons. The lowest BCUT2D eigenvalue weighted by Crippen LogP contribution is -2.33. The van der Waals surface area contributed by atoms with Crippen molar-refractivity contribution in [3.8, 4) is 0 Å². The molecular formula is C12H16N4S2. The van der Waals surface area contributed by atoms with E-state index in [0.717, 1.165) is 23.9 Å². The number of nitrogens with zero attached hydrogens (tertiary/aromatic N) is 4. The highest BCUT2D eigenvalue weighted by Crippen LogP contribution is 2.36. The van der Waals surface area contributed by atoms with Crippen LogP contribution in [0.1, 0.15) is 43.1 Å². The molecule has 2 aromatic rings. The van der Waals surface area contributed by atoms with Gasteiger partial charge < -0.3 is 4.90 Å². The summed E-state index contributed by atoms with van der Waals surface area (Å²) in [6.07, 6.45) is 6.49. The van der Waals surface area contributed by atoms with Gasteiger partial charge in [0.05, 0.1) is 6.04 Å². The van der Waals surface area contributed by atoms with E-state index in [1.165, 1.54) is 35.8 Å². The minimum absolute atomic E-state index is 0.399. The minimum Gasteiger partial charge on any atom is -0.337 e. The Labute approximate surface area is 115 Å². The molecule has 0 radical (unpaired) electrons. The first-order chi connectivity index (χ1) is 8.88. The third-order valence-corrected chi connectivity index (χ3v) is 4.93. The fourth-order valence-electron chi connectivity index (χ4n) is 2.32. The van der Waals surface area contributed by atoms with Crippen molar-refractivity contribution in [1.82, 2.24) is 14.3 Å². The maximum absolute atomic E-state index is 4.62. The first-order valence-corrected chi connectivity index (χ1v) is 8.02. The quantitative estimate of drug-likeness (QED) is 0.865. The summed E-state index contributed by atoms with van der Waals surface area (Å²) < 4.78 is 4.40. The topological polar surface area (TPSA) is 41.9 Å². The van der Waals surface area contributed by atoms with Gasteiger partial charge in [-0.15, -0.1) is 11.3 Å². The molecule has 1 fully saturated rings. The number of piperidine rings is 1. The number of rotatable bonds is 3. The Morgan fingerprint density at radius 2 is 2.39 bits per heavy atom. The van der Waals surface area contributed by atoms with Crippen LogP contribution in [0.15, 0.2) is 11.6 Å². The van der Waals surface area contributed by atoms with Gasteiger partial charge >= 0.3 is 0 Å². The first-order valence-electron chi connectivity index (χ1n) is 6.37. The van der Waals surface area contributed by atoms with Gasteiger partial charge in [-0.25, -0.2) is 9.97 Å². The van der Waals surface area contributed by atoms with Crippen LogP contribution in [-0.2, 0) is 6.42 Å². The Morgan fingerprint density at radius 1 is 1.44 bits per heavy atom. The van der Waals surface area contributed by atoms with E-state index in [1.54, 1.807) is 11.3 Å². The van der Waals surface area contributed by atoms with E-state index in [0.29, 0.717) is 6.04 Å². The summed E-state index contributed by atoms with van der Waals surface area (Å²) in [6.45, 7) is 3.17. The third kappa shape index (κ3) is 2.27. The SMILES string of the molecule is CCc1nsc(N2CCCC[C@H]2c2nccs2)n1. The van der Waals surface area contributed by atoms with Gasteiger partial charge in [0, 0.05) is 36.1 Å². The van der Waals surface area contributed by atoms with Crippen molar-refractivity contribution in [2.24, 2.45) is 0 Å². The Morgan fingerprint density at radius 3 is 3.11 bits per heavy atom. The van der Waals surface area contributed by atoms with Crippen LogP contribution >= 0.6 is 22.9 Å². The van der Waals surface area contributed by atoms with Gasteiger partial charge in [0.1, 0.15) is 10.8 Å². The molecule has 0 amide bonds. The van der Waals surface area contributed by atoms with Crippen molar-refractivity contribution in [3.63, 3.8) is 0 Å². The molecule has 0 unspecified atom stereocenters. The predicted molar refractivity (Wildman–Crippen MR) is 75.3 cm³/mol. The fourth-order valence-corrected chi connectivity index (χ4v) is 3.93. The Balaban J connectivity index is 1.87. The van der Waals surface area contributed by atoms with E-state index >= 15 is 0 Å². The number of anilines is 1. The maximum atomic E-state index is 4.62. The highest BCUT2D eigenvalue weighted by atomic mass is 32.1. The molecule has 3 rings (SSSR count). The first kappa shape index (κ1) is 12.0. The summed E-state index contributed by atoms with van der Waals surface area (Å²) in [5.41, 5.74) is 0. The molecule has 1 aliphatic rings. The molecule has 18 heavy (non-hydrogen) atoms. The van der Waals surface area contributed by atoms with Gasteiger partial charge in [0.15, 0.2) is 0 Å². The second-order valence-electron chi connectivity index (χ2n) is 4.42. The zero-order valence-electron chi connectivity index (χ0n) is 10.4. The molecule has 1 aliphatic heterocycles. The van der Waals surface area contributed by atoms with Gasteiger partial charge in [-0.3, -0.25) is 0 Å². The van der Waals surface area contributed by atoms with Crippen LogP contribution in [0, 0.1) is 0 Å². The van der Waals surface area contributed by atoms with Crippen molar-refractivity contribution in [1.29, 1.82) is 0 Å². The average Bonchev–Trinajstić information content (AvgIpc) is 3.10. The molecule has 2 aromatic heterocycles. The summed E-state index contributed by atoms with van der Waals surface area (Å²) in [7, 11) is 0. The number of hydrogen-bond acceptors (Lipinski definition) is 6. The highest BCUT2D eigenvalue weighted by molar-refractivity contribution is 7.10. The molecule has 0 spiro atoms. The van der Waals surface area contributed by atoms with Crippen molar-refractivity contribution in [2.45, 2.75) is 38.6 Å². The number of thiazole rings is 1. The molecule has 3 heterocycles. The normalized spacial score (nSPS) is 20.3. The third-order valence-electron chi connectivity index (χ3n) is 3.26. The van der Waals surface area contributed by atoms with E-state index in [2.05, 4.69) is 31.5 Å². The molecule has 1 atom stereocenters. The van der Waals surface area contributed by atoms with Crippen LogP contribution in [0.2, 0.25) is 0 Å². The van der Waals surface area contributed by atoms with Crippen molar-refractivity contribution < 1.29 is 0 Å². The second-order valence-corrected chi connectivity index (χ2v) is 6.08. The Bertz CT molecular complexity index is 494. The average molecular weight is 280 g/mol. The second kappa shape index (κ2) is 5.32. The summed E-state index contributed by atoms with van der Waals surface area (Å²) in [4.78, 5) is 11.5. The van der Waals surface area contributed by atoms with Crippen LogP contribution in [0.5, 0.6) is 0 Å². The molecular weight excluding hydrogens is 264 g/mol. The molecule has 1 saturated heterocycles. The molecule has 4 nitrogen and oxygen atoms in total.